The molecule has 11 heteroatoms. The maximum atomic E-state index is 13.4. The van der Waals surface area contributed by atoms with Gasteiger partial charge in [-0.15, -0.1) is 0 Å². The van der Waals surface area contributed by atoms with E-state index < -0.39 is 73.1 Å². The molecule has 2 heterocycles. The van der Waals surface area contributed by atoms with Crippen LogP contribution in [0.25, 0.3) is 21.9 Å². The lowest BCUT2D eigenvalue weighted by Gasteiger charge is -2.26. The minimum atomic E-state index is -1.97. The second-order valence-corrected chi connectivity index (χ2v) is 10.7. The van der Waals surface area contributed by atoms with Crippen molar-refractivity contribution in [2.45, 2.75) is 65.0 Å². The largest absolute Gasteiger partial charge is 0.460 e. The monoisotopic (exact) mass is 588 g/mol. The van der Waals surface area contributed by atoms with Gasteiger partial charge in [0.1, 0.15) is 0 Å². The second-order valence-electron chi connectivity index (χ2n) is 10.7. The van der Waals surface area contributed by atoms with Gasteiger partial charge in [0.15, 0.2) is 0 Å². The number of cyclic esters (lactones) is 4. The van der Waals surface area contributed by atoms with Gasteiger partial charge in [-0.1, -0.05) is 42.5 Å². The minimum Gasteiger partial charge on any atom is -0.460 e. The molecule has 0 unspecified atom stereocenters. The van der Waals surface area contributed by atoms with Gasteiger partial charge >= 0.3 is 35.8 Å². The van der Waals surface area contributed by atoms with Gasteiger partial charge < -0.3 is 23.7 Å². The van der Waals surface area contributed by atoms with E-state index in [0.29, 0.717) is 33.0 Å². The molecule has 0 amide bonds. The molecule has 0 spiro atoms. The predicted octanol–water partition coefficient (Wildman–Crippen LogP) is 3.64. The fraction of sp³-hybridized carbons (Fsp3) is 0.312. The number of fused-ring (bicyclic) bond motifs is 4. The summed E-state index contributed by atoms with van der Waals surface area (Å²) in [5, 5.41) is 0.967. The SMILES string of the molecule is CC(C)OC(=O)[C@@H]1OC(=O)Cc2ccccc2-c2c3c(cc4c(cccc24)CC(=O)O[C@H]1C(=O)OC(C)C)C(=O)OC3=O. The zero-order valence-electron chi connectivity index (χ0n) is 23.8. The van der Waals surface area contributed by atoms with Crippen LogP contribution in [0.3, 0.4) is 0 Å². The molecular weight excluding hydrogens is 560 g/mol. The van der Waals surface area contributed by atoms with E-state index in [-0.39, 0.29) is 11.1 Å². The minimum absolute atomic E-state index is 0.00711. The average Bonchev–Trinajstić information content (AvgIpc) is 3.21. The van der Waals surface area contributed by atoms with E-state index >= 15 is 0 Å². The molecule has 2 atom stereocenters. The highest BCUT2D eigenvalue weighted by molar-refractivity contribution is 6.23. The maximum Gasteiger partial charge on any atom is 0.352 e. The molecular formula is C32H28O11. The van der Waals surface area contributed by atoms with Crippen LogP contribution < -0.4 is 0 Å². The first kappa shape index (κ1) is 29.4. The van der Waals surface area contributed by atoms with E-state index in [4.69, 9.17) is 23.7 Å². The molecule has 3 aromatic carbocycles. The number of carbonyl (C=O) groups is 6. The molecule has 3 aromatic rings. The number of hydrogen-bond acceptors (Lipinski definition) is 11. The summed E-state index contributed by atoms with van der Waals surface area (Å²) < 4.78 is 26.4. The van der Waals surface area contributed by atoms with Crippen LogP contribution >= 0.6 is 0 Å². The van der Waals surface area contributed by atoms with Gasteiger partial charge in [0.2, 0.25) is 12.2 Å². The van der Waals surface area contributed by atoms with Crippen LogP contribution in [0.1, 0.15) is 59.5 Å². The Balaban J connectivity index is 1.74. The Morgan fingerprint density at radius 1 is 0.674 bits per heavy atom. The van der Waals surface area contributed by atoms with Gasteiger partial charge in [-0.25, -0.2) is 19.2 Å². The van der Waals surface area contributed by atoms with Crippen LogP contribution in [0.4, 0.5) is 0 Å². The summed E-state index contributed by atoms with van der Waals surface area (Å²) in [6.07, 6.45) is -6.06. The molecule has 4 bridgehead atoms. The van der Waals surface area contributed by atoms with Crippen molar-refractivity contribution in [2.75, 3.05) is 0 Å². The van der Waals surface area contributed by atoms with Crippen molar-refractivity contribution in [3.63, 3.8) is 0 Å². The first-order chi connectivity index (χ1) is 20.4. The van der Waals surface area contributed by atoms with Crippen molar-refractivity contribution in [1.82, 2.24) is 0 Å². The lowest BCUT2D eigenvalue weighted by Crippen LogP contribution is -2.48. The van der Waals surface area contributed by atoms with Crippen molar-refractivity contribution in [3.8, 4) is 11.1 Å². The van der Waals surface area contributed by atoms with E-state index in [1.807, 2.05) is 0 Å². The number of benzene rings is 3. The Labute approximate surface area is 246 Å². The molecule has 0 radical (unpaired) electrons. The summed E-state index contributed by atoms with van der Waals surface area (Å²) in [6.45, 7) is 6.26. The van der Waals surface area contributed by atoms with Crippen LogP contribution in [0.15, 0.2) is 48.5 Å². The van der Waals surface area contributed by atoms with Gasteiger partial charge in [-0.3, -0.25) is 9.59 Å². The molecule has 11 nitrogen and oxygen atoms in total. The number of rotatable bonds is 4. The first-order valence-electron chi connectivity index (χ1n) is 13.7. The Bertz CT molecular complexity index is 1680. The molecule has 0 N–H and O–H groups in total. The highest BCUT2D eigenvalue weighted by Crippen LogP contribution is 2.41. The molecule has 5 rings (SSSR count). The first-order valence-corrected chi connectivity index (χ1v) is 13.7. The quantitative estimate of drug-likeness (QED) is 0.250. The fourth-order valence-electron chi connectivity index (χ4n) is 5.15. The van der Waals surface area contributed by atoms with Gasteiger partial charge in [-0.2, -0.15) is 0 Å². The molecule has 0 aliphatic carbocycles. The topological polar surface area (TPSA) is 149 Å². The average molecular weight is 589 g/mol. The highest BCUT2D eigenvalue weighted by atomic mass is 16.6. The molecule has 0 saturated carbocycles. The van der Waals surface area contributed by atoms with Crippen LogP contribution in [0.5, 0.6) is 0 Å². The van der Waals surface area contributed by atoms with E-state index in [2.05, 4.69) is 0 Å². The van der Waals surface area contributed by atoms with E-state index in [1.165, 1.54) is 6.07 Å². The van der Waals surface area contributed by atoms with E-state index in [0.717, 1.165) is 0 Å². The summed E-state index contributed by atoms with van der Waals surface area (Å²) >= 11 is 0. The summed E-state index contributed by atoms with van der Waals surface area (Å²) in [5.74, 6) is -5.80. The van der Waals surface area contributed by atoms with E-state index in [1.54, 1.807) is 70.2 Å². The highest BCUT2D eigenvalue weighted by Gasteiger charge is 2.44. The van der Waals surface area contributed by atoms with Gasteiger partial charge in [0.25, 0.3) is 0 Å². The van der Waals surface area contributed by atoms with Crippen LogP contribution in [0, 0.1) is 0 Å². The number of ether oxygens (including phenoxy) is 5. The smallest absolute Gasteiger partial charge is 0.352 e. The van der Waals surface area contributed by atoms with Crippen molar-refractivity contribution < 1.29 is 52.5 Å². The lowest BCUT2D eigenvalue weighted by molar-refractivity contribution is -0.194. The van der Waals surface area contributed by atoms with Crippen LogP contribution in [0.2, 0.25) is 0 Å². The third-order valence-corrected chi connectivity index (χ3v) is 6.80. The van der Waals surface area contributed by atoms with Crippen molar-refractivity contribution in [3.05, 3.63) is 70.8 Å². The lowest BCUT2D eigenvalue weighted by atomic mass is 9.86. The summed E-state index contributed by atoms with van der Waals surface area (Å²) in [4.78, 5) is 78.6. The Morgan fingerprint density at radius 2 is 1.23 bits per heavy atom. The summed E-state index contributed by atoms with van der Waals surface area (Å²) in [7, 11) is 0. The fourth-order valence-corrected chi connectivity index (χ4v) is 5.15. The van der Waals surface area contributed by atoms with Crippen molar-refractivity contribution >= 4 is 46.6 Å². The van der Waals surface area contributed by atoms with Gasteiger partial charge in [-0.05, 0) is 61.2 Å². The third-order valence-electron chi connectivity index (χ3n) is 6.80. The Hall–Kier alpha value is -5.06. The van der Waals surface area contributed by atoms with Gasteiger partial charge in [0, 0.05) is 5.56 Å². The standard InChI is InChI=1S/C32H28O11/c1-15(2)39-31(37)27-28(32(38)40-16(3)4)42-24(34)13-18-9-7-11-20-21(18)14-22-26(30(36)43-29(22)35)25(20)19-10-6-5-8-17(19)12-23(33)41-27/h5-11,14-16,27-28H,12-13H2,1-4H3/t27-,28-/m1/s1. The Kier molecular flexibility index (Phi) is 7.99. The van der Waals surface area contributed by atoms with E-state index in [9.17, 15) is 28.8 Å². The molecule has 0 aromatic heterocycles. The zero-order chi connectivity index (χ0) is 31.0. The Morgan fingerprint density at radius 3 is 1.84 bits per heavy atom. The van der Waals surface area contributed by atoms with Crippen molar-refractivity contribution in [2.24, 2.45) is 0 Å². The third kappa shape index (κ3) is 5.83. The molecule has 2 aliphatic heterocycles. The van der Waals surface area contributed by atoms with Crippen LogP contribution in [-0.4, -0.2) is 60.2 Å². The van der Waals surface area contributed by atoms with Crippen molar-refractivity contribution in [1.29, 1.82) is 0 Å². The molecule has 43 heavy (non-hydrogen) atoms. The summed E-state index contributed by atoms with van der Waals surface area (Å²) in [6, 6.07) is 13.2. The second kappa shape index (κ2) is 11.7. The number of esters is 6. The molecule has 0 saturated heterocycles. The van der Waals surface area contributed by atoms with Gasteiger partial charge in [0.05, 0.1) is 36.2 Å². The number of carbonyl (C=O) groups excluding carboxylic acids is 6. The maximum absolute atomic E-state index is 13.4. The zero-order valence-corrected chi connectivity index (χ0v) is 23.8. The van der Waals surface area contributed by atoms with Crippen LogP contribution in [-0.2, 0) is 55.7 Å². The molecule has 222 valence electrons. The molecule has 2 aliphatic rings. The molecule has 0 fully saturated rings. The number of hydrogen-bond donors (Lipinski definition) is 0. The summed E-state index contributed by atoms with van der Waals surface area (Å²) in [5.41, 5.74) is 1.61. The predicted molar refractivity (Wildman–Crippen MR) is 149 cm³/mol. The normalized spacial score (nSPS) is 18.5.